The molecule has 5 heteroatoms. The summed E-state index contributed by atoms with van der Waals surface area (Å²) in [4.78, 5) is 8.57. The Morgan fingerprint density at radius 3 is 2.82 bits per heavy atom. The van der Waals surface area contributed by atoms with E-state index < -0.39 is 0 Å². The fourth-order valence-corrected chi connectivity index (χ4v) is 1.35. The maximum Gasteiger partial charge on any atom is 0.233 e. The summed E-state index contributed by atoms with van der Waals surface area (Å²) in [6, 6.07) is 5.75. The van der Waals surface area contributed by atoms with Gasteiger partial charge in [0.2, 0.25) is 5.89 Å². The molecular formula is C12H16N4O. The van der Waals surface area contributed by atoms with Crippen molar-refractivity contribution in [3.05, 3.63) is 41.8 Å². The monoisotopic (exact) mass is 232 g/mol. The van der Waals surface area contributed by atoms with Gasteiger partial charge in [0.1, 0.15) is 0 Å². The van der Waals surface area contributed by atoms with Crippen LogP contribution in [0.1, 0.15) is 31.3 Å². The van der Waals surface area contributed by atoms with E-state index in [2.05, 4.69) is 15.1 Å². The number of aromatic nitrogens is 3. The van der Waals surface area contributed by atoms with Crippen LogP contribution < -0.4 is 5.73 Å². The Balaban J connectivity index is 2.14. The molecule has 0 bridgehead atoms. The van der Waals surface area contributed by atoms with Crippen LogP contribution in [0.25, 0.3) is 0 Å². The average Bonchev–Trinajstić information content (AvgIpc) is 2.80. The molecule has 17 heavy (non-hydrogen) atoms. The van der Waals surface area contributed by atoms with Gasteiger partial charge >= 0.3 is 0 Å². The van der Waals surface area contributed by atoms with E-state index >= 15 is 0 Å². The third-order valence-electron chi connectivity index (χ3n) is 2.62. The fourth-order valence-electron chi connectivity index (χ4n) is 1.35. The van der Waals surface area contributed by atoms with Crippen molar-refractivity contribution in [2.75, 3.05) is 6.54 Å². The Hall–Kier alpha value is -1.75. The minimum Gasteiger partial charge on any atom is -0.339 e. The van der Waals surface area contributed by atoms with E-state index in [9.17, 15) is 0 Å². The smallest absolute Gasteiger partial charge is 0.233 e. The third kappa shape index (κ3) is 2.68. The SMILES string of the molecule is CC(C)(CN)c1nc(Cc2ccccn2)no1. The summed E-state index contributed by atoms with van der Waals surface area (Å²) in [6.45, 7) is 4.42. The molecule has 0 radical (unpaired) electrons. The third-order valence-corrected chi connectivity index (χ3v) is 2.62. The van der Waals surface area contributed by atoms with Gasteiger partial charge in [-0.25, -0.2) is 0 Å². The molecule has 0 unspecified atom stereocenters. The molecule has 2 aromatic heterocycles. The minimum absolute atomic E-state index is 0.282. The van der Waals surface area contributed by atoms with Crippen LogP contribution in [0.5, 0.6) is 0 Å². The first-order valence-corrected chi connectivity index (χ1v) is 5.55. The summed E-state index contributed by atoms with van der Waals surface area (Å²) in [5, 5.41) is 3.94. The van der Waals surface area contributed by atoms with Crippen LogP contribution >= 0.6 is 0 Å². The first-order valence-electron chi connectivity index (χ1n) is 5.55. The van der Waals surface area contributed by atoms with Crippen molar-refractivity contribution in [1.29, 1.82) is 0 Å². The van der Waals surface area contributed by atoms with Crippen molar-refractivity contribution < 1.29 is 4.52 Å². The van der Waals surface area contributed by atoms with Gasteiger partial charge in [-0.15, -0.1) is 0 Å². The highest BCUT2D eigenvalue weighted by molar-refractivity contribution is 5.10. The molecule has 2 N–H and O–H groups in total. The Labute approximate surface area is 100 Å². The van der Waals surface area contributed by atoms with Crippen LogP contribution in [-0.2, 0) is 11.8 Å². The van der Waals surface area contributed by atoms with Crippen molar-refractivity contribution in [3.63, 3.8) is 0 Å². The number of hydrogen-bond acceptors (Lipinski definition) is 5. The molecule has 5 nitrogen and oxygen atoms in total. The highest BCUT2D eigenvalue weighted by Crippen LogP contribution is 2.19. The predicted molar refractivity (Wildman–Crippen MR) is 63.4 cm³/mol. The first-order chi connectivity index (χ1) is 8.12. The second kappa shape index (κ2) is 4.63. The molecule has 0 aliphatic heterocycles. The van der Waals surface area contributed by atoms with E-state index in [1.807, 2.05) is 32.0 Å². The lowest BCUT2D eigenvalue weighted by Crippen LogP contribution is -2.28. The molecule has 0 amide bonds. The molecule has 2 heterocycles. The Morgan fingerprint density at radius 1 is 1.35 bits per heavy atom. The first kappa shape index (κ1) is 11.7. The molecule has 2 rings (SSSR count). The molecule has 0 atom stereocenters. The van der Waals surface area contributed by atoms with Crippen LogP contribution in [0.3, 0.4) is 0 Å². The normalized spacial score (nSPS) is 11.7. The largest absolute Gasteiger partial charge is 0.339 e. The van der Waals surface area contributed by atoms with Crippen LogP contribution in [0.4, 0.5) is 0 Å². The second-order valence-corrected chi connectivity index (χ2v) is 4.60. The van der Waals surface area contributed by atoms with Crippen LogP contribution in [-0.4, -0.2) is 21.7 Å². The van der Waals surface area contributed by atoms with Gasteiger partial charge in [-0.1, -0.05) is 11.2 Å². The Bertz CT molecular complexity index is 478. The molecule has 2 aromatic rings. The lowest BCUT2D eigenvalue weighted by molar-refractivity contribution is 0.309. The average molecular weight is 232 g/mol. The van der Waals surface area contributed by atoms with E-state index in [0.717, 1.165) is 5.69 Å². The van der Waals surface area contributed by atoms with Gasteiger partial charge < -0.3 is 10.3 Å². The van der Waals surface area contributed by atoms with Crippen molar-refractivity contribution >= 4 is 0 Å². The summed E-state index contributed by atoms with van der Waals surface area (Å²) in [5.74, 6) is 1.21. The van der Waals surface area contributed by atoms with E-state index in [1.165, 1.54) is 0 Å². The van der Waals surface area contributed by atoms with Crippen molar-refractivity contribution in [2.45, 2.75) is 25.7 Å². The second-order valence-electron chi connectivity index (χ2n) is 4.60. The van der Waals surface area contributed by atoms with E-state index in [0.29, 0.717) is 24.7 Å². The lowest BCUT2D eigenvalue weighted by Gasteiger charge is -2.15. The quantitative estimate of drug-likeness (QED) is 0.859. The molecule has 0 fully saturated rings. The molecule has 90 valence electrons. The standard InChI is InChI=1S/C12H16N4O/c1-12(2,8-13)11-15-10(16-17-11)7-9-5-3-4-6-14-9/h3-6H,7-8,13H2,1-2H3. The zero-order valence-electron chi connectivity index (χ0n) is 10.1. The van der Waals surface area contributed by atoms with E-state index in [1.54, 1.807) is 6.20 Å². The molecule has 0 spiro atoms. The summed E-state index contributed by atoms with van der Waals surface area (Å²) in [5.41, 5.74) is 6.30. The molecular weight excluding hydrogens is 216 g/mol. The van der Waals surface area contributed by atoms with Gasteiger partial charge in [0.15, 0.2) is 5.82 Å². The van der Waals surface area contributed by atoms with Gasteiger partial charge in [0, 0.05) is 18.4 Å². The van der Waals surface area contributed by atoms with Gasteiger partial charge in [-0.2, -0.15) is 4.98 Å². The maximum absolute atomic E-state index is 5.66. The Morgan fingerprint density at radius 2 is 2.18 bits per heavy atom. The number of rotatable bonds is 4. The van der Waals surface area contributed by atoms with Crippen LogP contribution in [0, 0.1) is 0 Å². The predicted octanol–water partition coefficient (Wildman–Crippen LogP) is 1.29. The zero-order valence-corrected chi connectivity index (χ0v) is 10.1. The van der Waals surface area contributed by atoms with Gasteiger partial charge in [-0.05, 0) is 26.0 Å². The maximum atomic E-state index is 5.66. The molecule has 0 saturated carbocycles. The minimum atomic E-state index is -0.282. The van der Waals surface area contributed by atoms with E-state index in [-0.39, 0.29) is 5.41 Å². The molecule has 0 aromatic carbocycles. The molecule has 0 saturated heterocycles. The topological polar surface area (TPSA) is 77.8 Å². The highest BCUT2D eigenvalue weighted by Gasteiger charge is 2.25. The highest BCUT2D eigenvalue weighted by atomic mass is 16.5. The molecule has 0 aliphatic carbocycles. The van der Waals surface area contributed by atoms with Crippen LogP contribution in [0.2, 0.25) is 0 Å². The number of pyridine rings is 1. The Kier molecular flexibility index (Phi) is 3.19. The van der Waals surface area contributed by atoms with Gasteiger partial charge in [0.05, 0.1) is 11.8 Å². The zero-order chi connectivity index (χ0) is 12.3. The van der Waals surface area contributed by atoms with Crippen molar-refractivity contribution in [1.82, 2.24) is 15.1 Å². The van der Waals surface area contributed by atoms with Crippen molar-refractivity contribution in [3.8, 4) is 0 Å². The number of hydrogen-bond donors (Lipinski definition) is 1. The lowest BCUT2D eigenvalue weighted by atomic mass is 9.94. The summed E-state index contributed by atoms with van der Waals surface area (Å²) >= 11 is 0. The van der Waals surface area contributed by atoms with Gasteiger partial charge in [0.25, 0.3) is 0 Å². The number of nitrogens with two attached hydrogens (primary N) is 1. The summed E-state index contributed by atoms with van der Waals surface area (Å²) < 4.78 is 5.22. The van der Waals surface area contributed by atoms with Crippen LogP contribution in [0.15, 0.2) is 28.9 Å². The van der Waals surface area contributed by atoms with E-state index in [4.69, 9.17) is 10.3 Å². The van der Waals surface area contributed by atoms with Crippen molar-refractivity contribution in [2.24, 2.45) is 5.73 Å². The summed E-state index contributed by atoms with van der Waals surface area (Å²) in [6.07, 6.45) is 2.32. The summed E-state index contributed by atoms with van der Waals surface area (Å²) in [7, 11) is 0. The molecule has 0 aliphatic rings. The fraction of sp³-hybridized carbons (Fsp3) is 0.417. The number of nitrogens with zero attached hydrogens (tertiary/aromatic N) is 3. The van der Waals surface area contributed by atoms with Gasteiger partial charge in [-0.3, -0.25) is 4.98 Å².